The van der Waals surface area contributed by atoms with Crippen molar-refractivity contribution in [2.75, 3.05) is 0 Å². The quantitative estimate of drug-likeness (QED) is 0.788. The number of rotatable bonds is 4. The second kappa shape index (κ2) is 7.21. The van der Waals surface area contributed by atoms with Gasteiger partial charge in [-0.1, -0.05) is 35.9 Å². The van der Waals surface area contributed by atoms with Gasteiger partial charge in [0.1, 0.15) is 5.82 Å². The smallest absolute Gasteiger partial charge is 0.254 e. The molecule has 0 aliphatic heterocycles. The maximum Gasteiger partial charge on any atom is 0.254 e. The fourth-order valence-electron chi connectivity index (χ4n) is 2.41. The number of benzene rings is 2. The van der Waals surface area contributed by atoms with E-state index in [4.69, 9.17) is 0 Å². The Kier molecular flexibility index (Phi) is 4.84. The van der Waals surface area contributed by atoms with Crippen LogP contribution in [-0.2, 0) is 6.54 Å². The molecule has 2 aromatic carbocycles. The van der Waals surface area contributed by atoms with Gasteiger partial charge in [0.2, 0.25) is 0 Å². The normalized spacial score (nSPS) is 10.5. The lowest BCUT2D eigenvalue weighted by atomic mass is 10.0. The lowest BCUT2D eigenvalue weighted by Gasteiger charge is -2.08. The number of amides is 1. The van der Waals surface area contributed by atoms with Crippen LogP contribution in [0.5, 0.6) is 0 Å². The van der Waals surface area contributed by atoms with Crippen LogP contribution in [0.3, 0.4) is 0 Å². The van der Waals surface area contributed by atoms with E-state index in [1.165, 1.54) is 12.1 Å². The predicted octanol–water partition coefficient (Wildman–Crippen LogP) is 3.83. The van der Waals surface area contributed by atoms with E-state index in [0.717, 1.165) is 22.4 Å². The summed E-state index contributed by atoms with van der Waals surface area (Å²) in [5, 5.41) is 10.6. The molecular weight excluding hydrogens is 317 g/mol. The van der Waals surface area contributed by atoms with Crippen molar-refractivity contribution >= 4 is 5.91 Å². The molecule has 0 unspecified atom stereocenters. The number of hydrogen-bond donors (Lipinski definition) is 1. The zero-order valence-corrected chi connectivity index (χ0v) is 14.1. The molecule has 1 amide bonds. The Morgan fingerprint density at radius 3 is 2.32 bits per heavy atom. The zero-order valence-electron chi connectivity index (χ0n) is 14.1. The molecule has 0 atom stereocenters. The molecule has 3 aromatic rings. The fraction of sp³-hybridized carbons (Fsp3) is 0.150. The van der Waals surface area contributed by atoms with Gasteiger partial charge in [0.25, 0.3) is 5.91 Å². The van der Waals surface area contributed by atoms with Crippen molar-refractivity contribution in [3.8, 4) is 11.1 Å². The van der Waals surface area contributed by atoms with Crippen molar-refractivity contribution in [2.45, 2.75) is 20.4 Å². The first-order valence-electron chi connectivity index (χ1n) is 7.97. The first-order chi connectivity index (χ1) is 12.0. The minimum absolute atomic E-state index is 0.0101. The van der Waals surface area contributed by atoms with Gasteiger partial charge in [-0.05, 0) is 49.2 Å². The Bertz CT molecular complexity index is 890. The van der Waals surface area contributed by atoms with Crippen LogP contribution in [0.4, 0.5) is 4.39 Å². The summed E-state index contributed by atoms with van der Waals surface area (Å²) in [5.41, 5.74) is 4.21. The minimum Gasteiger partial charge on any atom is -0.346 e. The highest BCUT2D eigenvalue weighted by Gasteiger charge is 2.13. The van der Waals surface area contributed by atoms with Gasteiger partial charge < -0.3 is 5.32 Å². The average molecular weight is 335 g/mol. The van der Waals surface area contributed by atoms with Crippen LogP contribution < -0.4 is 5.32 Å². The molecule has 1 heterocycles. The molecule has 1 aromatic heterocycles. The molecule has 3 rings (SSSR count). The number of carbonyl (C=O) groups is 1. The molecule has 0 aliphatic rings. The van der Waals surface area contributed by atoms with E-state index in [2.05, 4.69) is 15.5 Å². The number of nitrogens with one attached hydrogen (secondary N) is 1. The molecule has 0 radical (unpaired) electrons. The van der Waals surface area contributed by atoms with E-state index >= 15 is 0 Å². The predicted molar refractivity (Wildman–Crippen MR) is 94.5 cm³/mol. The Morgan fingerprint density at radius 1 is 0.960 bits per heavy atom. The third kappa shape index (κ3) is 4.07. The van der Waals surface area contributed by atoms with Crippen LogP contribution in [0, 0.1) is 19.7 Å². The van der Waals surface area contributed by atoms with Crippen LogP contribution in [0.1, 0.15) is 27.3 Å². The van der Waals surface area contributed by atoms with E-state index in [-0.39, 0.29) is 12.1 Å². The monoisotopic (exact) mass is 335 g/mol. The minimum atomic E-state index is -0.550. The Labute approximate surface area is 145 Å². The maximum absolute atomic E-state index is 14.4. The molecule has 4 nitrogen and oxygen atoms in total. The van der Waals surface area contributed by atoms with Crippen molar-refractivity contribution < 1.29 is 9.18 Å². The Morgan fingerprint density at radius 2 is 1.68 bits per heavy atom. The molecule has 1 N–H and O–H groups in total. The number of carbonyl (C=O) groups excluding carboxylic acids is 1. The summed E-state index contributed by atoms with van der Waals surface area (Å²) in [6, 6.07) is 16.0. The lowest BCUT2D eigenvalue weighted by Crippen LogP contribution is -2.24. The van der Waals surface area contributed by atoms with E-state index in [0.29, 0.717) is 5.69 Å². The average Bonchev–Trinajstić information content (AvgIpc) is 2.61. The van der Waals surface area contributed by atoms with E-state index in [1.54, 1.807) is 12.1 Å². The summed E-state index contributed by atoms with van der Waals surface area (Å²) in [6.45, 7) is 4.03. The van der Waals surface area contributed by atoms with Crippen molar-refractivity contribution in [1.29, 1.82) is 0 Å². The zero-order chi connectivity index (χ0) is 17.8. The molecule has 0 bridgehead atoms. The number of halogens is 1. The summed E-state index contributed by atoms with van der Waals surface area (Å²) in [5.74, 6) is -1.03. The van der Waals surface area contributed by atoms with E-state index in [9.17, 15) is 9.18 Å². The second-order valence-electron chi connectivity index (χ2n) is 5.91. The van der Waals surface area contributed by atoms with Gasteiger partial charge in [-0.25, -0.2) is 4.39 Å². The largest absolute Gasteiger partial charge is 0.346 e. The van der Waals surface area contributed by atoms with Gasteiger partial charge in [-0.15, -0.1) is 0 Å². The van der Waals surface area contributed by atoms with Crippen molar-refractivity contribution in [2.24, 2.45) is 0 Å². The number of aryl methyl sites for hydroxylation is 2. The van der Waals surface area contributed by atoms with Gasteiger partial charge in [0.15, 0.2) is 0 Å². The topological polar surface area (TPSA) is 54.9 Å². The van der Waals surface area contributed by atoms with Gasteiger partial charge in [0.05, 0.1) is 23.5 Å². The lowest BCUT2D eigenvalue weighted by molar-refractivity contribution is 0.0946. The summed E-state index contributed by atoms with van der Waals surface area (Å²) in [4.78, 5) is 12.2. The van der Waals surface area contributed by atoms with Crippen LogP contribution in [0.15, 0.2) is 54.6 Å². The molecule has 0 saturated carbocycles. The highest BCUT2D eigenvalue weighted by molar-refractivity contribution is 5.95. The molecule has 0 fully saturated rings. The number of hydrogen-bond acceptors (Lipinski definition) is 3. The summed E-state index contributed by atoms with van der Waals surface area (Å²) < 4.78 is 14.4. The Balaban J connectivity index is 1.72. The van der Waals surface area contributed by atoms with Crippen molar-refractivity contribution in [1.82, 2.24) is 15.5 Å². The highest BCUT2D eigenvalue weighted by Crippen LogP contribution is 2.22. The van der Waals surface area contributed by atoms with Gasteiger partial charge in [-0.3, -0.25) is 4.79 Å². The SMILES string of the molecule is Cc1ccc(-c2ccc(C(=O)NCc3ccc(C)nn3)c(F)c2)cc1. The fourth-order valence-corrected chi connectivity index (χ4v) is 2.41. The molecule has 5 heteroatoms. The van der Waals surface area contributed by atoms with Gasteiger partial charge in [-0.2, -0.15) is 10.2 Å². The third-order valence-electron chi connectivity index (χ3n) is 3.88. The van der Waals surface area contributed by atoms with Crippen LogP contribution in [-0.4, -0.2) is 16.1 Å². The summed E-state index contributed by atoms with van der Waals surface area (Å²) in [6.07, 6.45) is 0. The number of nitrogens with zero attached hydrogens (tertiary/aromatic N) is 2. The van der Waals surface area contributed by atoms with E-state index < -0.39 is 11.7 Å². The second-order valence-corrected chi connectivity index (χ2v) is 5.91. The van der Waals surface area contributed by atoms with E-state index in [1.807, 2.05) is 44.2 Å². The first kappa shape index (κ1) is 16.8. The molecule has 126 valence electrons. The van der Waals surface area contributed by atoms with Crippen molar-refractivity contribution in [3.05, 3.63) is 82.9 Å². The number of aromatic nitrogens is 2. The Hall–Kier alpha value is -3.08. The van der Waals surface area contributed by atoms with Crippen molar-refractivity contribution in [3.63, 3.8) is 0 Å². The molecule has 25 heavy (non-hydrogen) atoms. The van der Waals surface area contributed by atoms with Gasteiger partial charge in [0, 0.05) is 0 Å². The van der Waals surface area contributed by atoms with Crippen LogP contribution >= 0.6 is 0 Å². The highest BCUT2D eigenvalue weighted by atomic mass is 19.1. The van der Waals surface area contributed by atoms with Crippen LogP contribution in [0.25, 0.3) is 11.1 Å². The standard InChI is InChI=1S/C20H18FN3O/c1-13-3-6-15(7-4-13)16-8-10-18(19(21)11-16)20(25)22-12-17-9-5-14(2)23-24-17/h3-11H,12H2,1-2H3,(H,22,25). The molecule has 0 saturated heterocycles. The summed E-state index contributed by atoms with van der Waals surface area (Å²) in [7, 11) is 0. The summed E-state index contributed by atoms with van der Waals surface area (Å²) >= 11 is 0. The third-order valence-corrected chi connectivity index (χ3v) is 3.88. The molecular formula is C20H18FN3O. The maximum atomic E-state index is 14.4. The first-order valence-corrected chi connectivity index (χ1v) is 7.97. The van der Waals surface area contributed by atoms with Crippen LogP contribution in [0.2, 0.25) is 0 Å². The molecule has 0 spiro atoms. The molecule has 0 aliphatic carbocycles. The van der Waals surface area contributed by atoms with Gasteiger partial charge >= 0.3 is 0 Å².